The van der Waals surface area contributed by atoms with Crippen LogP contribution in [0, 0.1) is 6.92 Å². The maximum Gasteiger partial charge on any atom is 0.235 e. The largest absolute Gasteiger partial charge is 0.398 e. The Hall–Kier alpha value is -1.16. The standard InChI is InChI=1S/C14H22N2OS/c1-5-16(6-2)14(17)11(4)18-13-9-7-8-12(15)10(13)3/h7-9,11H,5-6,15H2,1-4H3. The van der Waals surface area contributed by atoms with Gasteiger partial charge in [0.2, 0.25) is 5.91 Å². The van der Waals surface area contributed by atoms with Crippen LogP contribution >= 0.6 is 11.8 Å². The number of nitrogens with two attached hydrogens (primary N) is 1. The minimum atomic E-state index is -0.0783. The van der Waals surface area contributed by atoms with Gasteiger partial charge in [0.1, 0.15) is 0 Å². The molecule has 0 aliphatic heterocycles. The maximum absolute atomic E-state index is 12.2. The van der Waals surface area contributed by atoms with E-state index < -0.39 is 0 Å². The first-order valence-electron chi connectivity index (χ1n) is 6.31. The van der Waals surface area contributed by atoms with E-state index in [1.165, 1.54) is 0 Å². The Morgan fingerprint density at radius 1 is 1.39 bits per heavy atom. The molecule has 0 aromatic heterocycles. The van der Waals surface area contributed by atoms with Crippen LogP contribution in [-0.2, 0) is 4.79 Å². The summed E-state index contributed by atoms with van der Waals surface area (Å²) in [6.07, 6.45) is 0. The Morgan fingerprint density at radius 3 is 2.56 bits per heavy atom. The first kappa shape index (κ1) is 14.9. The van der Waals surface area contributed by atoms with Gasteiger partial charge in [-0.3, -0.25) is 4.79 Å². The molecule has 0 heterocycles. The minimum Gasteiger partial charge on any atom is -0.398 e. The van der Waals surface area contributed by atoms with Crippen molar-refractivity contribution in [3.63, 3.8) is 0 Å². The number of nitrogens with zero attached hydrogens (tertiary/aromatic N) is 1. The number of amides is 1. The molecule has 1 aromatic carbocycles. The van der Waals surface area contributed by atoms with Crippen molar-refractivity contribution in [2.24, 2.45) is 0 Å². The average Bonchev–Trinajstić information content (AvgIpc) is 2.36. The van der Waals surface area contributed by atoms with Crippen LogP contribution in [0.1, 0.15) is 26.3 Å². The Kier molecular flexibility index (Phi) is 5.54. The van der Waals surface area contributed by atoms with E-state index in [4.69, 9.17) is 5.73 Å². The lowest BCUT2D eigenvalue weighted by molar-refractivity contribution is -0.129. The van der Waals surface area contributed by atoms with E-state index in [0.29, 0.717) is 0 Å². The highest BCUT2D eigenvalue weighted by Gasteiger charge is 2.19. The number of carbonyl (C=O) groups excluding carboxylic acids is 1. The molecule has 100 valence electrons. The number of anilines is 1. The van der Waals surface area contributed by atoms with Crippen molar-refractivity contribution >= 4 is 23.4 Å². The highest BCUT2D eigenvalue weighted by molar-refractivity contribution is 8.00. The summed E-state index contributed by atoms with van der Waals surface area (Å²) in [4.78, 5) is 15.1. The molecule has 1 rings (SSSR count). The van der Waals surface area contributed by atoms with Gasteiger partial charge in [0.15, 0.2) is 0 Å². The van der Waals surface area contributed by atoms with Crippen molar-refractivity contribution in [1.82, 2.24) is 4.90 Å². The molecule has 0 aliphatic rings. The van der Waals surface area contributed by atoms with Gasteiger partial charge >= 0.3 is 0 Å². The van der Waals surface area contributed by atoms with Crippen LogP contribution in [0.2, 0.25) is 0 Å². The minimum absolute atomic E-state index is 0.0783. The molecule has 1 unspecified atom stereocenters. The highest BCUT2D eigenvalue weighted by atomic mass is 32.2. The molecule has 2 N–H and O–H groups in total. The third-order valence-electron chi connectivity index (χ3n) is 3.05. The van der Waals surface area contributed by atoms with Crippen molar-refractivity contribution in [2.75, 3.05) is 18.8 Å². The smallest absolute Gasteiger partial charge is 0.235 e. The number of hydrogen-bond donors (Lipinski definition) is 1. The molecule has 0 bridgehead atoms. The van der Waals surface area contributed by atoms with E-state index in [1.54, 1.807) is 11.8 Å². The second-order valence-electron chi connectivity index (χ2n) is 4.24. The number of nitrogen functional groups attached to an aromatic ring is 1. The van der Waals surface area contributed by atoms with Crippen molar-refractivity contribution in [3.8, 4) is 0 Å². The van der Waals surface area contributed by atoms with Crippen LogP contribution in [0.5, 0.6) is 0 Å². The fraction of sp³-hybridized carbons (Fsp3) is 0.500. The van der Waals surface area contributed by atoms with E-state index >= 15 is 0 Å². The molecule has 0 spiro atoms. The zero-order valence-corrected chi connectivity index (χ0v) is 12.4. The van der Waals surface area contributed by atoms with Crippen molar-refractivity contribution in [2.45, 2.75) is 37.8 Å². The van der Waals surface area contributed by atoms with Gasteiger partial charge in [-0.15, -0.1) is 11.8 Å². The van der Waals surface area contributed by atoms with Gasteiger partial charge < -0.3 is 10.6 Å². The third-order valence-corrected chi connectivity index (χ3v) is 4.30. The molecule has 3 nitrogen and oxygen atoms in total. The van der Waals surface area contributed by atoms with Crippen molar-refractivity contribution < 1.29 is 4.79 Å². The first-order chi connectivity index (χ1) is 8.51. The van der Waals surface area contributed by atoms with Crippen molar-refractivity contribution in [3.05, 3.63) is 23.8 Å². The summed E-state index contributed by atoms with van der Waals surface area (Å²) >= 11 is 1.58. The van der Waals surface area contributed by atoms with Crippen LogP contribution < -0.4 is 5.73 Å². The summed E-state index contributed by atoms with van der Waals surface area (Å²) in [7, 11) is 0. The summed E-state index contributed by atoms with van der Waals surface area (Å²) in [5, 5.41) is -0.0783. The Balaban J connectivity index is 2.78. The Bertz CT molecular complexity index is 416. The van der Waals surface area contributed by atoms with E-state index in [1.807, 2.05) is 50.8 Å². The second kappa shape index (κ2) is 6.69. The molecule has 0 saturated heterocycles. The maximum atomic E-state index is 12.2. The summed E-state index contributed by atoms with van der Waals surface area (Å²) in [6, 6.07) is 5.83. The van der Waals surface area contributed by atoms with Gasteiger partial charge in [0.25, 0.3) is 0 Å². The number of hydrogen-bond acceptors (Lipinski definition) is 3. The van der Waals surface area contributed by atoms with Crippen molar-refractivity contribution in [1.29, 1.82) is 0 Å². The quantitative estimate of drug-likeness (QED) is 0.658. The lowest BCUT2D eigenvalue weighted by atomic mass is 10.2. The molecular formula is C14H22N2OS. The highest BCUT2D eigenvalue weighted by Crippen LogP contribution is 2.30. The van der Waals surface area contributed by atoms with Crippen LogP contribution in [0.25, 0.3) is 0 Å². The fourth-order valence-electron chi connectivity index (χ4n) is 1.79. The summed E-state index contributed by atoms with van der Waals surface area (Å²) in [5.41, 5.74) is 7.71. The van der Waals surface area contributed by atoms with Crippen LogP contribution in [0.3, 0.4) is 0 Å². The summed E-state index contributed by atoms with van der Waals surface area (Å²) < 4.78 is 0. The molecule has 1 amide bonds. The third kappa shape index (κ3) is 3.42. The predicted octanol–water partition coefficient (Wildman–Crippen LogP) is 2.93. The molecule has 0 saturated carbocycles. The molecule has 1 atom stereocenters. The Morgan fingerprint density at radius 2 is 2.00 bits per heavy atom. The average molecular weight is 266 g/mol. The molecule has 4 heteroatoms. The second-order valence-corrected chi connectivity index (χ2v) is 5.62. The van der Waals surface area contributed by atoms with Gasteiger partial charge in [-0.25, -0.2) is 0 Å². The van der Waals surface area contributed by atoms with Gasteiger partial charge in [-0.1, -0.05) is 6.07 Å². The molecule has 0 fully saturated rings. The zero-order valence-electron chi connectivity index (χ0n) is 11.6. The van der Waals surface area contributed by atoms with Gasteiger partial charge in [-0.2, -0.15) is 0 Å². The molecule has 0 radical (unpaired) electrons. The molecular weight excluding hydrogens is 244 g/mol. The van der Waals surface area contributed by atoms with E-state index in [0.717, 1.165) is 29.2 Å². The number of rotatable bonds is 5. The van der Waals surface area contributed by atoms with E-state index in [2.05, 4.69) is 0 Å². The number of thioether (sulfide) groups is 1. The monoisotopic (exact) mass is 266 g/mol. The number of carbonyl (C=O) groups is 1. The van der Waals surface area contributed by atoms with Gasteiger partial charge in [0.05, 0.1) is 5.25 Å². The normalized spacial score (nSPS) is 12.2. The van der Waals surface area contributed by atoms with Crippen LogP contribution in [0.4, 0.5) is 5.69 Å². The summed E-state index contributed by atoms with van der Waals surface area (Å²) in [6.45, 7) is 9.47. The molecule has 0 aliphatic carbocycles. The fourth-order valence-corrected chi connectivity index (χ4v) is 2.87. The zero-order chi connectivity index (χ0) is 13.7. The lowest BCUT2D eigenvalue weighted by Crippen LogP contribution is -2.36. The van der Waals surface area contributed by atoms with E-state index in [9.17, 15) is 4.79 Å². The predicted molar refractivity (Wildman–Crippen MR) is 78.8 cm³/mol. The van der Waals surface area contributed by atoms with Gasteiger partial charge in [0, 0.05) is 23.7 Å². The molecule has 1 aromatic rings. The first-order valence-corrected chi connectivity index (χ1v) is 7.19. The summed E-state index contributed by atoms with van der Waals surface area (Å²) in [5.74, 6) is 0.187. The van der Waals surface area contributed by atoms with Gasteiger partial charge in [-0.05, 0) is 45.4 Å². The number of benzene rings is 1. The van der Waals surface area contributed by atoms with E-state index in [-0.39, 0.29) is 11.2 Å². The topological polar surface area (TPSA) is 46.3 Å². The van der Waals surface area contributed by atoms with Crippen LogP contribution in [-0.4, -0.2) is 29.1 Å². The van der Waals surface area contributed by atoms with Crippen LogP contribution in [0.15, 0.2) is 23.1 Å². The molecule has 18 heavy (non-hydrogen) atoms. The Labute approximate surface area is 114 Å². The lowest BCUT2D eigenvalue weighted by Gasteiger charge is -2.23. The SMILES string of the molecule is CCN(CC)C(=O)C(C)Sc1cccc(N)c1C.